The van der Waals surface area contributed by atoms with Gasteiger partial charge in [0, 0.05) is 37.3 Å². The molecule has 2 aliphatic heterocycles. The van der Waals surface area contributed by atoms with Crippen LogP contribution in [0.1, 0.15) is 12.8 Å². The van der Waals surface area contributed by atoms with Crippen molar-refractivity contribution in [3.63, 3.8) is 0 Å². The van der Waals surface area contributed by atoms with Crippen molar-refractivity contribution in [1.29, 1.82) is 0 Å². The fourth-order valence-electron chi connectivity index (χ4n) is 3.70. The molecule has 2 N–H and O–H groups in total. The lowest BCUT2D eigenvalue weighted by Gasteiger charge is -2.33. The molecule has 7 nitrogen and oxygen atoms in total. The zero-order valence-electron chi connectivity index (χ0n) is 14.2. The summed E-state index contributed by atoms with van der Waals surface area (Å²) < 4.78 is 5.42. The SMILES string of the molecule is NC(=O)[C@H]1CCCN(c2ncnc3cc(N4CCOCC4)ccc23)C1. The average Bonchev–Trinajstić information content (AvgIpc) is 2.68. The van der Waals surface area contributed by atoms with E-state index < -0.39 is 0 Å². The highest BCUT2D eigenvalue weighted by Gasteiger charge is 2.26. The number of nitrogens with two attached hydrogens (primary N) is 1. The summed E-state index contributed by atoms with van der Waals surface area (Å²) in [7, 11) is 0. The van der Waals surface area contributed by atoms with Crippen molar-refractivity contribution in [1.82, 2.24) is 9.97 Å². The summed E-state index contributed by atoms with van der Waals surface area (Å²) in [5.74, 6) is 0.563. The Morgan fingerprint density at radius 2 is 2.00 bits per heavy atom. The lowest BCUT2D eigenvalue weighted by Crippen LogP contribution is -2.41. The van der Waals surface area contributed by atoms with Gasteiger partial charge in [0.05, 0.1) is 24.6 Å². The summed E-state index contributed by atoms with van der Waals surface area (Å²) >= 11 is 0. The van der Waals surface area contributed by atoms with E-state index in [1.807, 2.05) is 0 Å². The number of morpholine rings is 1. The number of benzene rings is 1. The van der Waals surface area contributed by atoms with Gasteiger partial charge in [-0.05, 0) is 31.0 Å². The number of amides is 1. The van der Waals surface area contributed by atoms with Crippen molar-refractivity contribution in [3.8, 4) is 0 Å². The van der Waals surface area contributed by atoms with Gasteiger partial charge in [0.2, 0.25) is 5.91 Å². The first kappa shape index (κ1) is 16.1. The predicted molar refractivity (Wildman–Crippen MR) is 96.7 cm³/mol. The Bertz CT molecular complexity index is 775. The van der Waals surface area contributed by atoms with Crippen LogP contribution >= 0.6 is 0 Å². The van der Waals surface area contributed by atoms with Crippen molar-refractivity contribution in [2.75, 3.05) is 49.2 Å². The van der Waals surface area contributed by atoms with Crippen LogP contribution in [0.4, 0.5) is 11.5 Å². The van der Waals surface area contributed by atoms with Gasteiger partial charge in [-0.1, -0.05) is 0 Å². The van der Waals surface area contributed by atoms with E-state index in [1.165, 1.54) is 0 Å². The Kier molecular flexibility index (Phi) is 4.40. The molecule has 1 amide bonds. The lowest BCUT2D eigenvalue weighted by molar-refractivity contribution is -0.122. The Labute approximate surface area is 146 Å². The van der Waals surface area contributed by atoms with Crippen LogP contribution < -0.4 is 15.5 Å². The fraction of sp³-hybridized carbons (Fsp3) is 0.500. The second-order valence-corrected chi connectivity index (χ2v) is 6.69. The van der Waals surface area contributed by atoms with Gasteiger partial charge < -0.3 is 20.3 Å². The first-order valence-corrected chi connectivity index (χ1v) is 8.84. The third kappa shape index (κ3) is 3.24. The molecule has 1 atom stereocenters. The topological polar surface area (TPSA) is 84.6 Å². The number of anilines is 2. The summed E-state index contributed by atoms with van der Waals surface area (Å²) in [6.45, 7) is 4.84. The number of fused-ring (bicyclic) bond motifs is 1. The van der Waals surface area contributed by atoms with E-state index in [9.17, 15) is 4.79 Å². The van der Waals surface area contributed by atoms with Gasteiger partial charge in [0.1, 0.15) is 12.1 Å². The molecular weight excluding hydrogens is 318 g/mol. The van der Waals surface area contributed by atoms with Crippen LogP contribution in [0.2, 0.25) is 0 Å². The molecule has 0 bridgehead atoms. The number of carbonyl (C=O) groups is 1. The minimum absolute atomic E-state index is 0.105. The second-order valence-electron chi connectivity index (χ2n) is 6.69. The molecule has 2 fully saturated rings. The van der Waals surface area contributed by atoms with E-state index in [0.29, 0.717) is 6.54 Å². The maximum atomic E-state index is 11.6. The van der Waals surface area contributed by atoms with E-state index in [4.69, 9.17) is 10.5 Å². The predicted octanol–water partition coefficient (Wildman–Crippen LogP) is 1.17. The highest BCUT2D eigenvalue weighted by molar-refractivity contribution is 5.92. The molecule has 0 spiro atoms. The van der Waals surface area contributed by atoms with Crippen molar-refractivity contribution in [3.05, 3.63) is 24.5 Å². The van der Waals surface area contributed by atoms with E-state index in [1.54, 1.807) is 6.33 Å². The van der Waals surface area contributed by atoms with Gasteiger partial charge in [-0.15, -0.1) is 0 Å². The Morgan fingerprint density at radius 1 is 1.16 bits per heavy atom. The first-order valence-electron chi connectivity index (χ1n) is 8.84. The van der Waals surface area contributed by atoms with Crippen LogP contribution in [0.5, 0.6) is 0 Å². The van der Waals surface area contributed by atoms with E-state index >= 15 is 0 Å². The molecule has 0 radical (unpaired) electrons. The fourth-order valence-corrected chi connectivity index (χ4v) is 3.70. The van der Waals surface area contributed by atoms with Gasteiger partial charge >= 0.3 is 0 Å². The van der Waals surface area contributed by atoms with Gasteiger partial charge in [0.25, 0.3) is 0 Å². The molecule has 0 unspecified atom stereocenters. The zero-order valence-corrected chi connectivity index (χ0v) is 14.2. The molecule has 2 aromatic rings. The van der Waals surface area contributed by atoms with Crippen LogP contribution in [-0.2, 0) is 9.53 Å². The summed E-state index contributed by atoms with van der Waals surface area (Å²) in [6, 6.07) is 6.32. The van der Waals surface area contributed by atoms with Crippen molar-refractivity contribution >= 4 is 28.3 Å². The number of aromatic nitrogens is 2. The largest absolute Gasteiger partial charge is 0.378 e. The van der Waals surface area contributed by atoms with E-state index in [0.717, 1.165) is 68.1 Å². The van der Waals surface area contributed by atoms with Crippen molar-refractivity contribution in [2.45, 2.75) is 12.8 Å². The normalized spacial score (nSPS) is 21.5. The van der Waals surface area contributed by atoms with Gasteiger partial charge in [-0.2, -0.15) is 0 Å². The molecule has 0 saturated carbocycles. The Morgan fingerprint density at radius 3 is 2.80 bits per heavy atom. The number of hydrogen-bond acceptors (Lipinski definition) is 6. The van der Waals surface area contributed by atoms with Crippen molar-refractivity contribution < 1.29 is 9.53 Å². The van der Waals surface area contributed by atoms with Crippen LogP contribution in [0, 0.1) is 5.92 Å². The average molecular weight is 341 g/mol. The molecule has 2 aliphatic rings. The zero-order chi connectivity index (χ0) is 17.2. The number of hydrogen-bond donors (Lipinski definition) is 1. The Hall–Kier alpha value is -2.41. The number of piperidine rings is 1. The first-order chi connectivity index (χ1) is 12.2. The molecule has 0 aliphatic carbocycles. The lowest BCUT2D eigenvalue weighted by atomic mass is 9.97. The summed E-state index contributed by atoms with van der Waals surface area (Å²) in [4.78, 5) is 25.0. The van der Waals surface area contributed by atoms with E-state index in [2.05, 4.69) is 38.0 Å². The number of nitrogens with zero attached hydrogens (tertiary/aromatic N) is 4. The minimum Gasteiger partial charge on any atom is -0.378 e. The standard InChI is InChI=1S/C18H23N5O2/c19-17(24)13-2-1-5-23(11-13)18-15-4-3-14(10-16(15)20-12-21-18)22-6-8-25-9-7-22/h3-4,10,12-13H,1-2,5-9,11H2,(H2,19,24)/t13-/m0/s1. The highest BCUT2D eigenvalue weighted by Crippen LogP contribution is 2.30. The summed E-state index contributed by atoms with van der Waals surface area (Å²) in [6.07, 6.45) is 3.41. The molecule has 3 heterocycles. The third-order valence-corrected chi connectivity index (χ3v) is 5.10. The van der Waals surface area contributed by atoms with Crippen LogP contribution in [0.3, 0.4) is 0 Å². The molecule has 1 aromatic carbocycles. The van der Waals surface area contributed by atoms with Gasteiger partial charge in [-0.25, -0.2) is 9.97 Å². The molecule has 132 valence electrons. The van der Waals surface area contributed by atoms with Crippen molar-refractivity contribution in [2.24, 2.45) is 11.7 Å². The number of rotatable bonds is 3. The molecule has 2 saturated heterocycles. The molecule has 1 aromatic heterocycles. The van der Waals surface area contributed by atoms with Crippen LogP contribution in [-0.4, -0.2) is 55.3 Å². The van der Waals surface area contributed by atoms with Gasteiger partial charge in [-0.3, -0.25) is 4.79 Å². The quantitative estimate of drug-likeness (QED) is 0.902. The second kappa shape index (κ2) is 6.84. The van der Waals surface area contributed by atoms with Gasteiger partial charge in [0.15, 0.2) is 0 Å². The number of ether oxygens (including phenoxy) is 1. The summed E-state index contributed by atoms with van der Waals surface area (Å²) in [5.41, 5.74) is 7.60. The molecule has 7 heteroatoms. The number of carbonyl (C=O) groups excluding carboxylic acids is 1. The van der Waals surface area contributed by atoms with Crippen LogP contribution in [0.15, 0.2) is 24.5 Å². The molecule has 4 rings (SSSR count). The minimum atomic E-state index is -0.224. The monoisotopic (exact) mass is 341 g/mol. The van der Waals surface area contributed by atoms with Crippen LogP contribution in [0.25, 0.3) is 10.9 Å². The smallest absolute Gasteiger partial charge is 0.222 e. The highest BCUT2D eigenvalue weighted by atomic mass is 16.5. The molecule has 25 heavy (non-hydrogen) atoms. The summed E-state index contributed by atoms with van der Waals surface area (Å²) in [5, 5.41) is 1.02. The third-order valence-electron chi connectivity index (χ3n) is 5.10. The maximum Gasteiger partial charge on any atom is 0.222 e. The Balaban J connectivity index is 1.64. The molecular formula is C18H23N5O2. The maximum absolute atomic E-state index is 11.6. The number of primary amides is 1. The van der Waals surface area contributed by atoms with E-state index in [-0.39, 0.29) is 11.8 Å².